The van der Waals surface area contributed by atoms with Gasteiger partial charge in [0.1, 0.15) is 0 Å². The van der Waals surface area contributed by atoms with Gasteiger partial charge in [0, 0.05) is 6.61 Å². The van der Waals surface area contributed by atoms with Crippen LogP contribution in [-0.2, 0) is 9.53 Å². The first-order valence-electron chi connectivity index (χ1n) is 4.96. The van der Waals surface area contributed by atoms with Crippen LogP contribution in [0.1, 0.15) is 26.2 Å². The summed E-state index contributed by atoms with van der Waals surface area (Å²) in [5, 5.41) is 8.95. The van der Waals surface area contributed by atoms with E-state index >= 15 is 0 Å². The van der Waals surface area contributed by atoms with Crippen molar-refractivity contribution in [3.8, 4) is 0 Å². The molecule has 1 aliphatic heterocycles. The zero-order valence-corrected chi connectivity index (χ0v) is 7.95. The van der Waals surface area contributed by atoms with E-state index in [1.807, 2.05) is 6.92 Å². The molecule has 0 radical (unpaired) electrons. The number of aliphatic carboxylic acids is 1. The lowest BCUT2D eigenvalue weighted by Crippen LogP contribution is -2.36. The summed E-state index contributed by atoms with van der Waals surface area (Å²) in [6.45, 7) is 3.36. The van der Waals surface area contributed by atoms with Gasteiger partial charge in [-0.1, -0.05) is 6.92 Å². The Morgan fingerprint density at radius 1 is 1.62 bits per heavy atom. The summed E-state index contributed by atoms with van der Waals surface area (Å²) >= 11 is 0. The highest BCUT2D eigenvalue weighted by Gasteiger charge is 2.53. The second kappa shape index (κ2) is 2.98. The van der Waals surface area contributed by atoms with Crippen LogP contribution in [0.5, 0.6) is 0 Å². The van der Waals surface area contributed by atoms with Gasteiger partial charge in [0.05, 0.1) is 12.5 Å². The first-order chi connectivity index (χ1) is 6.16. The van der Waals surface area contributed by atoms with E-state index < -0.39 is 5.97 Å². The molecular formula is C10H16O3. The summed E-state index contributed by atoms with van der Waals surface area (Å²) in [6.07, 6.45) is 3.25. The van der Waals surface area contributed by atoms with E-state index in [4.69, 9.17) is 9.84 Å². The van der Waals surface area contributed by atoms with Crippen LogP contribution in [-0.4, -0.2) is 24.3 Å². The molecule has 2 rings (SSSR count). The Labute approximate surface area is 78.1 Å². The standard InChI is InChI=1S/C10H16O3/c1-7(9(11)12)8-2-5-13-6-10(8)3-4-10/h7-8H,2-6H2,1H3,(H,11,12). The van der Waals surface area contributed by atoms with Crippen LogP contribution in [0.2, 0.25) is 0 Å². The molecule has 2 unspecified atom stereocenters. The lowest BCUT2D eigenvalue weighted by Gasteiger charge is -2.34. The normalized spacial score (nSPS) is 32.8. The molecule has 1 saturated carbocycles. The molecule has 2 atom stereocenters. The van der Waals surface area contributed by atoms with E-state index in [9.17, 15) is 4.79 Å². The van der Waals surface area contributed by atoms with E-state index in [0.29, 0.717) is 5.92 Å². The fourth-order valence-corrected chi connectivity index (χ4v) is 2.53. The average molecular weight is 184 g/mol. The van der Waals surface area contributed by atoms with Gasteiger partial charge in [-0.25, -0.2) is 0 Å². The Balaban J connectivity index is 2.07. The van der Waals surface area contributed by atoms with Crippen molar-refractivity contribution < 1.29 is 14.6 Å². The summed E-state index contributed by atoms with van der Waals surface area (Å²) < 4.78 is 5.41. The molecule has 1 aliphatic carbocycles. The molecule has 0 aromatic heterocycles. The molecule has 3 heteroatoms. The van der Waals surface area contributed by atoms with Gasteiger partial charge in [-0.05, 0) is 30.6 Å². The second-order valence-electron chi connectivity index (χ2n) is 4.44. The molecule has 1 saturated heterocycles. The third-order valence-corrected chi connectivity index (χ3v) is 3.63. The van der Waals surface area contributed by atoms with Crippen LogP contribution in [0.4, 0.5) is 0 Å². The first-order valence-corrected chi connectivity index (χ1v) is 4.96. The van der Waals surface area contributed by atoms with Crippen LogP contribution in [0, 0.1) is 17.3 Å². The van der Waals surface area contributed by atoms with Gasteiger partial charge in [0.15, 0.2) is 0 Å². The second-order valence-corrected chi connectivity index (χ2v) is 4.44. The maximum Gasteiger partial charge on any atom is 0.306 e. The molecule has 13 heavy (non-hydrogen) atoms. The molecule has 0 amide bonds. The Morgan fingerprint density at radius 3 is 2.85 bits per heavy atom. The minimum atomic E-state index is -0.654. The number of ether oxygens (including phenoxy) is 1. The van der Waals surface area contributed by atoms with Gasteiger partial charge < -0.3 is 9.84 Å². The van der Waals surface area contributed by atoms with E-state index in [2.05, 4.69) is 0 Å². The maximum atomic E-state index is 10.9. The number of hydrogen-bond acceptors (Lipinski definition) is 2. The van der Waals surface area contributed by atoms with Crippen molar-refractivity contribution in [3.05, 3.63) is 0 Å². The van der Waals surface area contributed by atoms with E-state index in [-0.39, 0.29) is 11.3 Å². The molecule has 1 spiro atoms. The van der Waals surface area contributed by atoms with Gasteiger partial charge in [-0.2, -0.15) is 0 Å². The number of carboxylic acids is 1. The Bertz CT molecular complexity index is 220. The van der Waals surface area contributed by atoms with Gasteiger partial charge >= 0.3 is 5.97 Å². The van der Waals surface area contributed by atoms with Crippen LogP contribution in [0.15, 0.2) is 0 Å². The van der Waals surface area contributed by atoms with Crippen LogP contribution in [0.25, 0.3) is 0 Å². The van der Waals surface area contributed by atoms with Crippen molar-refractivity contribution >= 4 is 5.97 Å². The molecular weight excluding hydrogens is 168 g/mol. The highest BCUT2D eigenvalue weighted by Crippen LogP contribution is 2.57. The molecule has 74 valence electrons. The summed E-state index contributed by atoms with van der Waals surface area (Å²) in [7, 11) is 0. The summed E-state index contributed by atoms with van der Waals surface area (Å²) in [4.78, 5) is 10.9. The van der Waals surface area contributed by atoms with Crippen molar-refractivity contribution in [2.45, 2.75) is 26.2 Å². The Kier molecular flexibility index (Phi) is 2.06. The third kappa shape index (κ3) is 1.46. The number of carboxylic acid groups (broad SMARTS) is 1. The number of hydrogen-bond donors (Lipinski definition) is 1. The van der Waals surface area contributed by atoms with Crippen molar-refractivity contribution in [2.75, 3.05) is 13.2 Å². The minimum absolute atomic E-state index is 0.202. The molecule has 1 N–H and O–H groups in total. The molecule has 3 nitrogen and oxygen atoms in total. The van der Waals surface area contributed by atoms with Crippen molar-refractivity contribution in [1.29, 1.82) is 0 Å². The molecule has 0 aromatic rings. The Hall–Kier alpha value is -0.570. The lowest BCUT2D eigenvalue weighted by molar-refractivity contribution is -0.146. The molecule has 1 heterocycles. The summed E-state index contributed by atoms with van der Waals surface area (Å²) in [5.41, 5.74) is 0.246. The fourth-order valence-electron chi connectivity index (χ4n) is 2.53. The first kappa shape index (κ1) is 9.00. The number of rotatable bonds is 2. The van der Waals surface area contributed by atoms with Crippen molar-refractivity contribution in [1.82, 2.24) is 0 Å². The van der Waals surface area contributed by atoms with Gasteiger partial charge in [-0.15, -0.1) is 0 Å². The zero-order valence-electron chi connectivity index (χ0n) is 7.95. The predicted molar refractivity (Wildman–Crippen MR) is 47.4 cm³/mol. The van der Waals surface area contributed by atoms with Crippen molar-refractivity contribution in [3.63, 3.8) is 0 Å². The van der Waals surface area contributed by atoms with Gasteiger partial charge in [0.2, 0.25) is 0 Å². The lowest BCUT2D eigenvalue weighted by atomic mass is 9.77. The highest BCUT2D eigenvalue weighted by atomic mass is 16.5. The molecule has 0 aromatic carbocycles. The third-order valence-electron chi connectivity index (χ3n) is 3.63. The summed E-state index contributed by atoms with van der Waals surface area (Å²) in [6, 6.07) is 0. The quantitative estimate of drug-likeness (QED) is 0.707. The van der Waals surface area contributed by atoms with Gasteiger partial charge in [0.25, 0.3) is 0 Å². The topological polar surface area (TPSA) is 46.5 Å². The van der Waals surface area contributed by atoms with E-state index in [1.54, 1.807) is 0 Å². The number of carbonyl (C=O) groups is 1. The largest absolute Gasteiger partial charge is 0.481 e. The minimum Gasteiger partial charge on any atom is -0.481 e. The van der Waals surface area contributed by atoms with E-state index in [0.717, 1.165) is 32.5 Å². The average Bonchev–Trinajstić information content (AvgIpc) is 2.85. The fraction of sp³-hybridized carbons (Fsp3) is 0.900. The SMILES string of the molecule is CC(C(=O)O)C1CCOCC12CC2. The predicted octanol–water partition coefficient (Wildman–Crippen LogP) is 1.52. The van der Waals surface area contributed by atoms with Crippen molar-refractivity contribution in [2.24, 2.45) is 17.3 Å². The molecule has 2 aliphatic rings. The van der Waals surface area contributed by atoms with Gasteiger partial charge in [-0.3, -0.25) is 4.79 Å². The highest BCUT2D eigenvalue weighted by molar-refractivity contribution is 5.70. The molecule has 2 fully saturated rings. The monoisotopic (exact) mass is 184 g/mol. The van der Waals surface area contributed by atoms with E-state index in [1.165, 1.54) is 0 Å². The summed E-state index contributed by atoms with van der Waals surface area (Å²) in [5.74, 6) is -0.511. The Morgan fingerprint density at radius 2 is 2.31 bits per heavy atom. The maximum absolute atomic E-state index is 10.9. The zero-order chi connectivity index (χ0) is 9.47. The molecule has 0 bridgehead atoms. The van der Waals surface area contributed by atoms with Crippen LogP contribution >= 0.6 is 0 Å². The smallest absolute Gasteiger partial charge is 0.306 e. The van der Waals surface area contributed by atoms with Crippen LogP contribution < -0.4 is 0 Å². The van der Waals surface area contributed by atoms with Crippen LogP contribution in [0.3, 0.4) is 0 Å².